The van der Waals surface area contributed by atoms with Gasteiger partial charge in [0.2, 0.25) is 11.8 Å². The van der Waals surface area contributed by atoms with Crippen molar-refractivity contribution in [3.8, 4) is 0 Å². The van der Waals surface area contributed by atoms with Crippen LogP contribution in [0.3, 0.4) is 0 Å². The Hall–Kier alpha value is -1.42. The quantitative estimate of drug-likeness (QED) is 0.369. The fraction of sp³-hybridized carbons (Fsp3) is 0.733. The van der Waals surface area contributed by atoms with Crippen LogP contribution in [0.1, 0.15) is 38.5 Å². The molecule has 0 aliphatic heterocycles. The normalized spacial score (nSPS) is 17.0. The zero-order chi connectivity index (χ0) is 18.1. The lowest BCUT2D eigenvalue weighted by molar-refractivity contribution is -0.123. The van der Waals surface area contributed by atoms with Crippen LogP contribution in [0.5, 0.6) is 0 Å². The second-order valence-corrected chi connectivity index (χ2v) is 8.69. The third-order valence-electron chi connectivity index (χ3n) is 3.87. The Morgan fingerprint density at radius 3 is 2.28 bits per heavy atom. The van der Waals surface area contributed by atoms with E-state index in [0.29, 0.717) is 12.3 Å². The Balaban J connectivity index is 1.43. The summed E-state index contributed by atoms with van der Waals surface area (Å²) in [7, 11) is 2.73. The van der Waals surface area contributed by atoms with Gasteiger partial charge in [0.05, 0.1) is 5.75 Å². The maximum Gasteiger partial charge on any atom is 0.321 e. The molecular formula is C15H24N4O4S2. The molecule has 0 bridgehead atoms. The van der Waals surface area contributed by atoms with E-state index in [9.17, 15) is 19.2 Å². The van der Waals surface area contributed by atoms with Crippen LogP contribution < -0.4 is 21.3 Å². The molecule has 8 nitrogen and oxygen atoms in total. The van der Waals surface area contributed by atoms with Crippen LogP contribution in [0.15, 0.2) is 0 Å². The van der Waals surface area contributed by atoms with Crippen molar-refractivity contribution >= 4 is 45.5 Å². The molecule has 2 aliphatic carbocycles. The molecule has 6 amide bonds. The van der Waals surface area contributed by atoms with Gasteiger partial charge >= 0.3 is 12.1 Å². The summed E-state index contributed by atoms with van der Waals surface area (Å²) < 4.78 is 0. The summed E-state index contributed by atoms with van der Waals surface area (Å²) in [5.74, 6) is 0.180. The minimum atomic E-state index is -0.475. The zero-order valence-electron chi connectivity index (χ0n) is 14.0. The van der Waals surface area contributed by atoms with E-state index >= 15 is 0 Å². The van der Waals surface area contributed by atoms with E-state index in [1.165, 1.54) is 21.6 Å². The van der Waals surface area contributed by atoms with Gasteiger partial charge in [-0.05, 0) is 25.7 Å². The van der Waals surface area contributed by atoms with Crippen molar-refractivity contribution in [3.63, 3.8) is 0 Å². The minimum Gasteiger partial charge on any atom is -0.337 e. The number of carbonyl (C=O) groups excluding carboxylic acids is 4. The molecule has 0 aromatic rings. The lowest BCUT2D eigenvalue weighted by atomic mass is 10.1. The van der Waals surface area contributed by atoms with Crippen LogP contribution in [0.4, 0.5) is 9.59 Å². The Morgan fingerprint density at radius 2 is 1.60 bits per heavy atom. The number of rotatable bonds is 8. The van der Waals surface area contributed by atoms with Gasteiger partial charge in [-0.15, -0.1) is 0 Å². The van der Waals surface area contributed by atoms with Gasteiger partial charge in [0.1, 0.15) is 0 Å². The number of imide groups is 2. The molecule has 0 aromatic heterocycles. The molecule has 0 spiro atoms. The second-order valence-electron chi connectivity index (χ2n) is 6.11. The highest BCUT2D eigenvalue weighted by molar-refractivity contribution is 8.76. The summed E-state index contributed by atoms with van der Waals surface area (Å²) in [5.41, 5.74) is 0. The van der Waals surface area contributed by atoms with E-state index in [1.807, 2.05) is 0 Å². The van der Waals surface area contributed by atoms with E-state index in [1.54, 1.807) is 0 Å². The maximum atomic E-state index is 11.8. The minimum absolute atomic E-state index is 0.0358. The molecule has 0 atom stereocenters. The zero-order valence-corrected chi connectivity index (χ0v) is 15.6. The molecule has 0 radical (unpaired) electrons. The molecule has 25 heavy (non-hydrogen) atoms. The van der Waals surface area contributed by atoms with Gasteiger partial charge in [0.25, 0.3) is 0 Å². The first-order valence-corrected chi connectivity index (χ1v) is 11.0. The van der Waals surface area contributed by atoms with Gasteiger partial charge < -0.3 is 10.6 Å². The van der Waals surface area contributed by atoms with Crippen molar-refractivity contribution in [3.05, 3.63) is 0 Å². The SMILES string of the molecule is O=C(CSSCCNC(=O)NC(=O)C1CCCC1)NC(=O)NC1CC1. The fourth-order valence-corrected chi connectivity index (χ4v) is 4.16. The highest BCUT2D eigenvalue weighted by Crippen LogP contribution is 2.24. The Bertz CT molecular complexity index is 508. The van der Waals surface area contributed by atoms with Gasteiger partial charge in [-0.25, -0.2) is 9.59 Å². The molecular weight excluding hydrogens is 364 g/mol. The molecule has 0 aromatic carbocycles. The van der Waals surface area contributed by atoms with E-state index < -0.39 is 12.1 Å². The predicted molar refractivity (Wildman–Crippen MR) is 98.1 cm³/mol. The molecule has 4 N–H and O–H groups in total. The number of urea groups is 2. The molecule has 10 heteroatoms. The molecule has 2 rings (SSSR count). The van der Waals surface area contributed by atoms with Gasteiger partial charge in [0, 0.05) is 24.3 Å². The van der Waals surface area contributed by atoms with Gasteiger partial charge in [-0.1, -0.05) is 34.4 Å². The molecule has 0 unspecified atom stereocenters. The van der Waals surface area contributed by atoms with Crippen LogP contribution >= 0.6 is 21.6 Å². The first kappa shape index (κ1) is 19.9. The van der Waals surface area contributed by atoms with E-state index in [2.05, 4.69) is 21.3 Å². The number of amides is 6. The topological polar surface area (TPSA) is 116 Å². The summed E-state index contributed by atoms with van der Waals surface area (Å²) in [6.45, 7) is 0.394. The molecule has 2 fully saturated rings. The van der Waals surface area contributed by atoms with Crippen molar-refractivity contribution < 1.29 is 19.2 Å². The summed E-state index contributed by atoms with van der Waals surface area (Å²) in [4.78, 5) is 46.2. The van der Waals surface area contributed by atoms with Gasteiger partial charge in [0.15, 0.2) is 0 Å². The lowest BCUT2D eigenvalue weighted by Crippen LogP contribution is -2.42. The standard InChI is InChI=1S/C15H24N4O4S2/c20-12(18-15(23)17-11-5-6-11)9-25-24-8-7-16-14(22)19-13(21)10-3-1-2-4-10/h10-11H,1-9H2,(H2,16,19,21,22)(H2,17,18,20,23). The fourth-order valence-electron chi connectivity index (χ4n) is 2.42. The maximum absolute atomic E-state index is 11.8. The highest BCUT2D eigenvalue weighted by Gasteiger charge is 2.24. The smallest absolute Gasteiger partial charge is 0.321 e. The lowest BCUT2D eigenvalue weighted by Gasteiger charge is -2.10. The van der Waals surface area contributed by atoms with Crippen LogP contribution in [0.2, 0.25) is 0 Å². The van der Waals surface area contributed by atoms with Crippen LogP contribution in [-0.2, 0) is 9.59 Å². The Labute approximate surface area is 154 Å². The summed E-state index contributed by atoms with van der Waals surface area (Å²) in [6, 6.07) is -0.701. The number of carbonyl (C=O) groups is 4. The monoisotopic (exact) mass is 388 g/mol. The van der Waals surface area contributed by atoms with E-state index in [-0.39, 0.29) is 29.5 Å². The molecule has 0 saturated heterocycles. The summed E-state index contributed by atoms with van der Waals surface area (Å²) in [6.07, 6.45) is 5.74. The molecule has 2 saturated carbocycles. The number of nitrogens with one attached hydrogen (secondary N) is 4. The van der Waals surface area contributed by atoms with Crippen molar-refractivity contribution in [1.82, 2.24) is 21.3 Å². The third-order valence-corrected chi connectivity index (χ3v) is 6.14. The predicted octanol–water partition coefficient (Wildman–Crippen LogP) is 1.37. The molecule has 2 aliphatic rings. The van der Waals surface area contributed by atoms with Crippen molar-refractivity contribution in [1.29, 1.82) is 0 Å². The van der Waals surface area contributed by atoms with Crippen LogP contribution in [0.25, 0.3) is 0 Å². The Kier molecular flexibility index (Phi) is 8.39. The largest absolute Gasteiger partial charge is 0.337 e. The Morgan fingerprint density at radius 1 is 0.880 bits per heavy atom. The average molecular weight is 389 g/mol. The van der Waals surface area contributed by atoms with Crippen molar-refractivity contribution in [2.45, 2.75) is 44.6 Å². The van der Waals surface area contributed by atoms with E-state index in [4.69, 9.17) is 0 Å². The summed E-state index contributed by atoms with van der Waals surface area (Å²) >= 11 is 0. The van der Waals surface area contributed by atoms with Gasteiger partial charge in [-0.3, -0.25) is 20.2 Å². The highest BCUT2D eigenvalue weighted by atomic mass is 33.1. The third kappa shape index (κ3) is 8.48. The van der Waals surface area contributed by atoms with Crippen molar-refractivity contribution in [2.24, 2.45) is 5.92 Å². The van der Waals surface area contributed by atoms with Gasteiger partial charge in [-0.2, -0.15) is 0 Å². The van der Waals surface area contributed by atoms with Crippen LogP contribution in [0, 0.1) is 5.92 Å². The second kappa shape index (κ2) is 10.5. The molecule has 0 heterocycles. The number of hydrogen-bond acceptors (Lipinski definition) is 6. The molecule has 140 valence electrons. The van der Waals surface area contributed by atoms with Crippen LogP contribution in [-0.4, -0.2) is 48.0 Å². The van der Waals surface area contributed by atoms with Crippen molar-refractivity contribution in [2.75, 3.05) is 18.1 Å². The average Bonchev–Trinajstić information content (AvgIpc) is 3.19. The summed E-state index contributed by atoms with van der Waals surface area (Å²) in [5, 5.41) is 9.92. The first-order chi connectivity index (χ1) is 12.0. The number of hydrogen-bond donors (Lipinski definition) is 4. The first-order valence-electron chi connectivity index (χ1n) is 8.48. The van der Waals surface area contributed by atoms with E-state index in [0.717, 1.165) is 38.5 Å².